The lowest BCUT2D eigenvalue weighted by molar-refractivity contribution is -0.127. The smallest absolute Gasteiger partial charge is 0.246 e. The number of nitrogens with one attached hydrogen (secondary N) is 1. The normalized spacial score (nSPS) is 16.3. The predicted octanol–water partition coefficient (Wildman–Crippen LogP) is 2.94. The van der Waals surface area contributed by atoms with Crippen LogP contribution in [0.15, 0.2) is 49.6 Å². The molecule has 0 spiro atoms. The lowest BCUT2D eigenvalue weighted by Crippen LogP contribution is -2.39. The minimum absolute atomic E-state index is 0.0410. The molecule has 1 atom stereocenters. The van der Waals surface area contributed by atoms with Gasteiger partial charge in [-0.1, -0.05) is 6.58 Å². The van der Waals surface area contributed by atoms with Gasteiger partial charge in [0.05, 0.1) is 19.0 Å². The minimum atomic E-state index is -0.0410. The molecule has 1 aliphatic rings. The average Bonchev–Trinajstić information content (AvgIpc) is 3.25. The number of piperidine rings is 1. The molecule has 1 saturated heterocycles. The van der Waals surface area contributed by atoms with Crippen molar-refractivity contribution in [2.75, 3.05) is 38.7 Å². The summed E-state index contributed by atoms with van der Waals surface area (Å²) in [5.74, 6) is 1.36. The Morgan fingerprint density at radius 3 is 2.87 bits per heavy atom. The van der Waals surface area contributed by atoms with Crippen LogP contribution in [0.25, 0.3) is 11.2 Å². The monoisotopic (exact) mass is 422 g/mol. The predicted molar refractivity (Wildman–Crippen MR) is 117 cm³/mol. The average molecular weight is 422 g/mol. The van der Waals surface area contributed by atoms with Crippen molar-refractivity contribution in [1.29, 1.82) is 0 Å². The number of amides is 1. The van der Waals surface area contributed by atoms with E-state index in [0.717, 1.165) is 36.5 Å². The van der Waals surface area contributed by atoms with Gasteiger partial charge in [-0.2, -0.15) is 0 Å². The summed E-state index contributed by atoms with van der Waals surface area (Å²) in [6.07, 6.45) is 6.57. The van der Waals surface area contributed by atoms with Crippen LogP contribution in [0, 0.1) is 0 Å². The highest BCUT2D eigenvalue weighted by Crippen LogP contribution is 2.28. The standard InChI is InChI=1S/C22H26N6O3/c1-3-19(29)27-10-4-5-17(13-27)28-15-25-20-21(23-14-24-22(20)28)26-16-6-8-18(9-7-16)31-12-11-30-2/h3,6-9,14-15,17H,1,4-5,10-13H2,2H3,(H,23,24,26)/t17-/m1/s1. The van der Waals surface area contributed by atoms with E-state index in [1.807, 2.05) is 33.7 Å². The molecule has 1 amide bonds. The maximum Gasteiger partial charge on any atom is 0.246 e. The van der Waals surface area contributed by atoms with E-state index in [0.29, 0.717) is 31.1 Å². The number of hydrogen-bond donors (Lipinski definition) is 1. The fourth-order valence-corrected chi connectivity index (χ4v) is 3.74. The summed E-state index contributed by atoms with van der Waals surface area (Å²) in [4.78, 5) is 27.3. The van der Waals surface area contributed by atoms with Crippen molar-refractivity contribution >= 4 is 28.6 Å². The molecule has 9 heteroatoms. The number of hydrogen-bond acceptors (Lipinski definition) is 7. The first kappa shape index (κ1) is 20.8. The van der Waals surface area contributed by atoms with Crippen LogP contribution in [0.2, 0.25) is 0 Å². The van der Waals surface area contributed by atoms with E-state index in [1.54, 1.807) is 13.4 Å². The molecule has 1 fully saturated rings. The third-order valence-corrected chi connectivity index (χ3v) is 5.31. The number of likely N-dealkylation sites (tertiary alicyclic amines) is 1. The second kappa shape index (κ2) is 9.57. The Labute approximate surface area is 180 Å². The van der Waals surface area contributed by atoms with E-state index in [-0.39, 0.29) is 11.9 Å². The number of anilines is 2. The number of imidazole rings is 1. The van der Waals surface area contributed by atoms with Gasteiger partial charge in [0.25, 0.3) is 0 Å². The molecule has 2 aromatic heterocycles. The number of methoxy groups -OCH3 is 1. The SMILES string of the molecule is C=CC(=O)N1CCC[C@@H](n2cnc3c(Nc4ccc(OCCOC)cc4)ncnc32)C1. The minimum Gasteiger partial charge on any atom is -0.491 e. The lowest BCUT2D eigenvalue weighted by atomic mass is 10.1. The highest BCUT2D eigenvalue weighted by Gasteiger charge is 2.25. The summed E-state index contributed by atoms with van der Waals surface area (Å²) in [7, 11) is 1.64. The zero-order valence-corrected chi connectivity index (χ0v) is 17.5. The second-order valence-electron chi connectivity index (χ2n) is 7.32. The highest BCUT2D eigenvalue weighted by molar-refractivity contribution is 5.87. The van der Waals surface area contributed by atoms with Gasteiger partial charge in [-0.15, -0.1) is 0 Å². The number of nitrogens with zero attached hydrogens (tertiary/aromatic N) is 5. The summed E-state index contributed by atoms with van der Waals surface area (Å²) in [6.45, 7) is 6.01. The van der Waals surface area contributed by atoms with Crippen molar-refractivity contribution in [3.05, 3.63) is 49.6 Å². The molecule has 4 rings (SSSR count). The molecular formula is C22H26N6O3. The first-order valence-electron chi connectivity index (χ1n) is 10.3. The number of benzene rings is 1. The summed E-state index contributed by atoms with van der Waals surface area (Å²) >= 11 is 0. The Bertz CT molecular complexity index is 1050. The molecule has 31 heavy (non-hydrogen) atoms. The Balaban J connectivity index is 1.51. The van der Waals surface area contributed by atoms with Gasteiger partial charge in [0.15, 0.2) is 17.0 Å². The molecule has 162 valence electrons. The van der Waals surface area contributed by atoms with E-state index in [9.17, 15) is 4.79 Å². The fourth-order valence-electron chi connectivity index (χ4n) is 3.74. The summed E-state index contributed by atoms with van der Waals surface area (Å²) in [5, 5.41) is 3.31. The van der Waals surface area contributed by atoms with E-state index in [4.69, 9.17) is 9.47 Å². The number of carbonyl (C=O) groups is 1. The quantitative estimate of drug-likeness (QED) is 0.441. The maximum atomic E-state index is 12.0. The molecule has 0 bridgehead atoms. The molecular weight excluding hydrogens is 396 g/mol. The zero-order chi connectivity index (χ0) is 21.6. The van der Waals surface area contributed by atoms with E-state index >= 15 is 0 Å². The molecule has 0 radical (unpaired) electrons. The Kier molecular flexibility index (Phi) is 6.42. The largest absolute Gasteiger partial charge is 0.491 e. The van der Waals surface area contributed by atoms with Crippen LogP contribution >= 0.6 is 0 Å². The van der Waals surface area contributed by atoms with Crippen molar-refractivity contribution in [3.8, 4) is 5.75 Å². The summed E-state index contributed by atoms with van der Waals surface area (Å²) in [5.41, 5.74) is 2.30. The maximum absolute atomic E-state index is 12.0. The fraction of sp³-hybridized carbons (Fsp3) is 0.364. The summed E-state index contributed by atoms with van der Waals surface area (Å²) < 4.78 is 12.6. The molecule has 1 N–H and O–H groups in total. The first-order chi connectivity index (χ1) is 15.2. The van der Waals surface area contributed by atoms with Crippen molar-refractivity contribution in [1.82, 2.24) is 24.4 Å². The van der Waals surface area contributed by atoms with Crippen molar-refractivity contribution < 1.29 is 14.3 Å². The molecule has 3 aromatic rings. The lowest BCUT2D eigenvalue weighted by Gasteiger charge is -2.32. The van der Waals surface area contributed by atoms with Gasteiger partial charge >= 0.3 is 0 Å². The van der Waals surface area contributed by atoms with Gasteiger partial charge in [0, 0.05) is 25.9 Å². The molecule has 9 nitrogen and oxygen atoms in total. The van der Waals surface area contributed by atoms with Crippen LogP contribution in [-0.4, -0.2) is 63.7 Å². The van der Waals surface area contributed by atoms with Gasteiger partial charge in [0.1, 0.15) is 18.7 Å². The third-order valence-electron chi connectivity index (χ3n) is 5.31. The zero-order valence-electron chi connectivity index (χ0n) is 17.5. The Morgan fingerprint density at radius 2 is 2.10 bits per heavy atom. The molecule has 0 saturated carbocycles. The molecule has 1 aromatic carbocycles. The Hall–Kier alpha value is -3.46. The van der Waals surface area contributed by atoms with Gasteiger partial charge in [-0.3, -0.25) is 4.79 Å². The van der Waals surface area contributed by atoms with Crippen LogP contribution in [0.4, 0.5) is 11.5 Å². The van der Waals surface area contributed by atoms with Crippen LogP contribution in [0.3, 0.4) is 0 Å². The number of carbonyl (C=O) groups excluding carboxylic acids is 1. The first-order valence-corrected chi connectivity index (χ1v) is 10.3. The second-order valence-corrected chi connectivity index (χ2v) is 7.32. The van der Waals surface area contributed by atoms with Crippen molar-refractivity contribution in [3.63, 3.8) is 0 Å². The van der Waals surface area contributed by atoms with E-state index in [2.05, 4.69) is 26.8 Å². The molecule has 1 aliphatic heterocycles. The number of ether oxygens (including phenoxy) is 2. The highest BCUT2D eigenvalue weighted by atomic mass is 16.5. The Morgan fingerprint density at radius 1 is 1.26 bits per heavy atom. The number of fused-ring (bicyclic) bond motifs is 1. The van der Waals surface area contributed by atoms with E-state index < -0.39 is 0 Å². The van der Waals surface area contributed by atoms with Gasteiger partial charge < -0.3 is 24.3 Å². The van der Waals surface area contributed by atoms with Gasteiger partial charge in [-0.25, -0.2) is 15.0 Å². The van der Waals surface area contributed by atoms with Crippen LogP contribution in [0.1, 0.15) is 18.9 Å². The number of rotatable bonds is 8. The van der Waals surface area contributed by atoms with Crippen LogP contribution in [-0.2, 0) is 9.53 Å². The topological polar surface area (TPSA) is 94.4 Å². The number of aromatic nitrogens is 4. The van der Waals surface area contributed by atoms with Gasteiger partial charge in [0.2, 0.25) is 5.91 Å². The molecule has 3 heterocycles. The van der Waals surface area contributed by atoms with Crippen LogP contribution in [0.5, 0.6) is 5.75 Å². The van der Waals surface area contributed by atoms with Crippen LogP contribution < -0.4 is 10.1 Å². The van der Waals surface area contributed by atoms with E-state index in [1.165, 1.54) is 12.4 Å². The van der Waals surface area contributed by atoms with Gasteiger partial charge in [-0.05, 0) is 43.2 Å². The molecule has 0 aliphatic carbocycles. The summed E-state index contributed by atoms with van der Waals surface area (Å²) in [6, 6.07) is 7.75. The van der Waals surface area contributed by atoms with Crippen molar-refractivity contribution in [2.24, 2.45) is 0 Å². The third kappa shape index (κ3) is 4.66. The molecule has 0 unspecified atom stereocenters. The van der Waals surface area contributed by atoms with Crippen molar-refractivity contribution in [2.45, 2.75) is 18.9 Å².